The van der Waals surface area contributed by atoms with Gasteiger partial charge in [0.15, 0.2) is 16.8 Å². The van der Waals surface area contributed by atoms with E-state index in [1.807, 2.05) is 55.5 Å². The first-order valence-corrected chi connectivity index (χ1v) is 12.4. The first-order chi connectivity index (χ1) is 18.3. The van der Waals surface area contributed by atoms with Gasteiger partial charge in [-0.25, -0.2) is 9.99 Å². The number of nitro benzene ring substituents is 2. The molecule has 0 fully saturated rings. The molecule has 0 spiro atoms. The Morgan fingerprint density at radius 3 is 2.37 bits per heavy atom. The van der Waals surface area contributed by atoms with Gasteiger partial charge in [-0.15, -0.1) is 5.10 Å². The molecule has 0 amide bonds. The van der Waals surface area contributed by atoms with Crippen LogP contribution in [0.15, 0.2) is 77.0 Å². The Hall–Kier alpha value is -4.78. The number of hydrogen-bond acceptors (Lipinski definition) is 10. The van der Waals surface area contributed by atoms with Gasteiger partial charge in [0, 0.05) is 11.6 Å². The first-order valence-electron chi connectivity index (χ1n) is 11.5. The molecule has 13 heteroatoms. The van der Waals surface area contributed by atoms with Crippen LogP contribution in [-0.4, -0.2) is 42.8 Å². The van der Waals surface area contributed by atoms with E-state index in [9.17, 15) is 20.2 Å². The van der Waals surface area contributed by atoms with Crippen LogP contribution in [0.1, 0.15) is 17.2 Å². The number of ether oxygens (including phenoxy) is 1. The van der Waals surface area contributed by atoms with Crippen LogP contribution in [0.3, 0.4) is 0 Å². The topological polar surface area (TPSA) is 142 Å². The number of aromatic nitrogens is 3. The SMILES string of the molecule is COc1ccc([C@H]2[C@@H]3Sc4nc(-c5ccc(C)cc5)nn4C3=NN2c2ccc([N+](=O)[O-])cc2[N+](=O)[O-])cc1. The number of nitro groups is 2. The van der Waals surface area contributed by atoms with E-state index < -0.39 is 21.6 Å². The molecular weight excluding hydrogens is 510 g/mol. The summed E-state index contributed by atoms with van der Waals surface area (Å²) in [6.07, 6.45) is 0. The number of methoxy groups -OCH3 is 1. The van der Waals surface area contributed by atoms with Crippen molar-refractivity contribution in [1.29, 1.82) is 0 Å². The van der Waals surface area contributed by atoms with Crippen LogP contribution in [0.25, 0.3) is 11.4 Å². The first kappa shape index (κ1) is 23.6. The van der Waals surface area contributed by atoms with Gasteiger partial charge in [0.25, 0.3) is 5.69 Å². The number of rotatable bonds is 6. The number of thioether (sulfide) groups is 1. The van der Waals surface area contributed by atoms with Crippen molar-refractivity contribution in [3.8, 4) is 17.1 Å². The van der Waals surface area contributed by atoms with Crippen molar-refractivity contribution in [2.24, 2.45) is 5.10 Å². The monoisotopic (exact) mass is 529 g/mol. The maximum Gasteiger partial charge on any atom is 0.301 e. The van der Waals surface area contributed by atoms with Crippen LogP contribution in [0.2, 0.25) is 0 Å². The zero-order chi connectivity index (χ0) is 26.6. The van der Waals surface area contributed by atoms with Gasteiger partial charge >= 0.3 is 5.69 Å². The normalized spacial score (nSPS) is 17.6. The molecule has 0 bridgehead atoms. The molecule has 12 nitrogen and oxygen atoms in total. The number of nitrogens with zero attached hydrogens (tertiary/aromatic N) is 7. The molecule has 0 radical (unpaired) electrons. The van der Waals surface area contributed by atoms with E-state index in [1.54, 1.807) is 16.8 Å². The van der Waals surface area contributed by atoms with Crippen molar-refractivity contribution in [3.05, 3.63) is 98.1 Å². The zero-order valence-electron chi connectivity index (χ0n) is 20.1. The molecule has 2 aliphatic heterocycles. The highest BCUT2D eigenvalue weighted by Crippen LogP contribution is 2.49. The largest absolute Gasteiger partial charge is 0.497 e. The van der Waals surface area contributed by atoms with Gasteiger partial charge in [-0.1, -0.05) is 53.7 Å². The summed E-state index contributed by atoms with van der Waals surface area (Å²) in [4.78, 5) is 26.7. The molecule has 4 aromatic rings. The molecule has 3 heterocycles. The van der Waals surface area contributed by atoms with Crippen molar-refractivity contribution in [2.45, 2.75) is 23.4 Å². The number of fused-ring (bicyclic) bond motifs is 3. The molecule has 0 saturated carbocycles. The van der Waals surface area contributed by atoms with Gasteiger partial charge in [0.05, 0.1) is 29.1 Å². The highest BCUT2D eigenvalue weighted by Gasteiger charge is 2.48. The summed E-state index contributed by atoms with van der Waals surface area (Å²) in [5, 5.41) is 34.7. The molecule has 0 N–H and O–H groups in total. The van der Waals surface area contributed by atoms with Gasteiger partial charge in [0.1, 0.15) is 16.7 Å². The molecule has 1 aromatic heterocycles. The maximum atomic E-state index is 12.0. The van der Waals surface area contributed by atoms with Gasteiger partial charge < -0.3 is 4.74 Å². The minimum atomic E-state index is -0.660. The van der Waals surface area contributed by atoms with Crippen molar-refractivity contribution in [1.82, 2.24) is 14.8 Å². The van der Waals surface area contributed by atoms with Crippen LogP contribution < -0.4 is 9.75 Å². The number of anilines is 1. The average molecular weight is 530 g/mol. The number of hydrazone groups is 1. The summed E-state index contributed by atoms with van der Waals surface area (Å²) in [5.74, 6) is 1.79. The number of aryl methyl sites for hydroxylation is 1. The molecule has 0 saturated heterocycles. The second-order valence-corrected chi connectivity index (χ2v) is 9.85. The minimum absolute atomic E-state index is 0.143. The lowest BCUT2D eigenvalue weighted by molar-refractivity contribution is -0.393. The lowest BCUT2D eigenvalue weighted by Gasteiger charge is -2.26. The third-order valence-corrected chi connectivity index (χ3v) is 7.62. The fourth-order valence-electron chi connectivity index (χ4n) is 4.53. The quantitative estimate of drug-likeness (QED) is 0.250. The summed E-state index contributed by atoms with van der Waals surface area (Å²) in [6.45, 7) is 2.00. The molecule has 2 aliphatic rings. The summed E-state index contributed by atoms with van der Waals surface area (Å²) >= 11 is 1.47. The number of benzene rings is 3. The Morgan fingerprint density at radius 1 is 0.974 bits per heavy atom. The summed E-state index contributed by atoms with van der Waals surface area (Å²) in [7, 11) is 1.57. The van der Waals surface area contributed by atoms with E-state index >= 15 is 0 Å². The van der Waals surface area contributed by atoms with Crippen molar-refractivity contribution >= 4 is 34.7 Å². The van der Waals surface area contributed by atoms with Crippen molar-refractivity contribution in [3.63, 3.8) is 0 Å². The molecule has 38 heavy (non-hydrogen) atoms. The maximum absolute atomic E-state index is 12.0. The van der Waals surface area contributed by atoms with E-state index in [-0.39, 0.29) is 16.6 Å². The predicted octanol–water partition coefficient (Wildman–Crippen LogP) is 4.98. The molecule has 0 unspecified atom stereocenters. The highest BCUT2D eigenvalue weighted by molar-refractivity contribution is 8.01. The van der Waals surface area contributed by atoms with E-state index in [0.29, 0.717) is 22.6 Å². The fourth-order valence-corrected chi connectivity index (χ4v) is 5.78. The predicted molar refractivity (Wildman–Crippen MR) is 141 cm³/mol. The van der Waals surface area contributed by atoms with E-state index in [4.69, 9.17) is 19.9 Å². The standard InChI is InChI=1S/C25H19N7O5S/c1-14-3-5-16(6-4-14)23-26-25-30(27-23)24-22(38-25)21(15-7-10-18(37-2)11-8-15)29(28-24)19-12-9-17(31(33)34)13-20(19)32(35)36/h3-13,21-22H,1-2H3/t21-,22-/m0/s1. The molecule has 2 atom stereocenters. The third-order valence-electron chi connectivity index (χ3n) is 6.42. The Kier molecular flexibility index (Phi) is 5.56. The van der Waals surface area contributed by atoms with Gasteiger partial charge in [-0.05, 0) is 30.7 Å². The van der Waals surface area contributed by atoms with E-state index in [2.05, 4.69) is 0 Å². The second kappa shape index (κ2) is 8.95. The second-order valence-electron chi connectivity index (χ2n) is 8.74. The zero-order valence-corrected chi connectivity index (χ0v) is 20.9. The fraction of sp³-hybridized carbons (Fsp3) is 0.160. The summed E-state index contributed by atoms with van der Waals surface area (Å²) in [5.41, 5.74) is 2.18. The molecule has 0 aliphatic carbocycles. The third kappa shape index (κ3) is 3.84. The minimum Gasteiger partial charge on any atom is -0.497 e. The lowest BCUT2D eigenvalue weighted by Crippen LogP contribution is -2.27. The summed E-state index contributed by atoms with van der Waals surface area (Å²) in [6, 6.07) is 18.3. The van der Waals surface area contributed by atoms with Crippen molar-refractivity contribution < 1.29 is 14.6 Å². The average Bonchev–Trinajstić information content (AvgIpc) is 3.58. The van der Waals surface area contributed by atoms with Crippen LogP contribution in [-0.2, 0) is 0 Å². The Morgan fingerprint density at radius 2 is 1.71 bits per heavy atom. The molecule has 3 aromatic carbocycles. The van der Waals surface area contributed by atoms with E-state index in [1.165, 1.54) is 23.9 Å². The highest BCUT2D eigenvalue weighted by atomic mass is 32.2. The molecule has 190 valence electrons. The number of non-ortho nitro benzene ring substituents is 1. The van der Waals surface area contributed by atoms with Crippen LogP contribution in [0.4, 0.5) is 17.1 Å². The smallest absolute Gasteiger partial charge is 0.301 e. The van der Waals surface area contributed by atoms with Crippen LogP contribution >= 0.6 is 11.8 Å². The van der Waals surface area contributed by atoms with E-state index in [0.717, 1.165) is 22.8 Å². The lowest BCUT2D eigenvalue weighted by atomic mass is 10.0. The van der Waals surface area contributed by atoms with Gasteiger partial charge in [-0.3, -0.25) is 20.2 Å². The number of hydrogen-bond donors (Lipinski definition) is 0. The molecular formula is C25H19N7O5S. The Bertz CT molecular complexity index is 1620. The Labute approximate surface area is 219 Å². The van der Waals surface area contributed by atoms with Crippen LogP contribution in [0, 0.1) is 27.2 Å². The van der Waals surface area contributed by atoms with Crippen molar-refractivity contribution in [2.75, 3.05) is 12.1 Å². The summed E-state index contributed by atoms with van der Waals surface area (Å²) < 4.78 is 6.96. The van der Waals surface area contributed by atoms with Gasteiger partial charge in [0.2, 0.25) is 0 Å². The Balaban J connectivity index is 1.47. The van der Waals surface area contributed by atoms with Gasteiger partial charge in [-0.2, -0.15) is 9.78 Å². The molecule has 6 rings (SSSR count). The van der Waals surface area contributed by atoms with Crippen LogP contribution in [0.5, 0.6) is 5.75 Å².